The number of hydrogen-bond acceptors (Lipinski definition) is 7. The smallest absolute Gasteiger partial charge is 0.341 e. The summed E-state index contributed by atoms with van der Waals surface area (Å²) < 4.78 is 5.44. The Bertz CT molecular complexity index is 2390. The van der Waals surface area contributed by atoms with Gasteiger partial charge in [-0.1, -0.05) is 72.8 Å². The van der Waals surface area contributed by atoms with E-state index < -0.39 is 23.0 Å². The summed E-state index contributed by atoms with van der Waals surface area (Å²) in [6.07, 6.45) is 5.87. The van der Waals surface area contributed by atoms with Crippen molar-refractivity contribution in [1.82, 2.24) is 10.3 Å². The number of para-hydroxylation sites is 1. The maximum Gasteiger partial charge on any atom is 0.341 e. The molecular formula is C44H40N4O5S2. The molecule has 1 aliphatic carbocycles. The summed E-state index contributed by atoms with van der Waals surface area (Å²) in [4.78, 5) is 58.9. The number of ether oxygens (including phenoxy) is 1. The fourth-order valence-electron chi connectivity index (χ4n) is 6.73. The Hall–Kier alpha value is -5.91. The van der Waals surface area contributed by atoms with Crippen LogP contribution in [0.4, 0.5) is 10.7 Å². The van der Waals surface area contributed by atoms with Crippen molar-refractivity contribution in [3.05, 3.63) is 154 Å². The summed E-state index contributed by atoms with van der Waals surface area (Å²) in [7, 11) is 0. The third-order valence-corrected chi connectivity index (χ3v) is 11.7. The molecule has 0 aliphatic heterocycles. The molecule has 1 aliphatic rings. The van der Waals surface area contributed by atoms with Crippen LogP contribution in [0.2, 0.25) is 0 Å². The van der Waals surface area contributed by atoms with Crippen molar-refractivity contribution >= 4 is 74.5 Å². The van der Waals surface area contributed by atoms with Gasteiger partial charge in [0, 0.05) is 43.7 Å². The summed E-state index contributed by atoms with van der Waals surface area (Å²) in [5, 5.41) is 9.64. The maximum absolute atomic E-state index is 13.8. The second-order valence-corrected chi connectivity index (χ2v) is 15.7. The van der Waals surface area contributed by atoms with Gasteiger partial charge in [-0.25, -0.2) is 4.79 Å². The molecule has 9 nitrogen and oxygen atoms in total. The average molecular weight is 769 g/mol. The Morgan fingerprint density at radius 3 is 2.45 bits per heavy atom. The van der Waals surface area contributed by atoms with Crippen LogP contribution in [-0.4, -0.2) is 40.5 Å². The zero-order valence-electron chi connectivity index (χ0n) is 30.4. The minimum absolute atomic E-state index is 0.0653. The molecule has 55 heavy (non-hydrogen) atoms. The van der Waals surface area contributed by atoms with Gasteiger partial charge in [0.05, 0.1) is 17.4 Å². The number of thioether (sulfide) groups is 1. The van der Waals surface area contributed by atoms with E-state index in [-0.39, 0.29) is 18.2 Å². The Morgan fingerprint density at radius 2 is 1.67 bits per heavy atom. The lowest BCUT2D eigenvalue weighted by atomic mass is 9.83. The van der Waals surface area contributed by atoms with Crippen molar-refractivity contribution < 1.29 is 23.9 Å². The molecule has 0 saturated carbocycles. The molecule has 2 atom stereocenters. The van der Waals surface area contributed by atoms with E-state index >= 15 is 0 Å². The highest BCUT2D eigenvalue weighted by atomic mass is 32.2. The van der Waals surface area contributed by atoms with Gasteiger partial charge in [0.1, 0.15) is 10.7 Å². The number of amides is 3. The number of benzene rings is 4. The minimum Gasteiger partial charge on any atom is -0.462 e. The molecule has 11 heteroatoms. The summed E-state index contributed by atoms with van der Waals surface area (Å²) in [6.45, 7) is 3.81. The zero-order chi connectivity index (χ0) is 38.3. The molecule has 7 rings (SSSR count). The second-order valence-electron chi connectivity index (χ2n) is 13.2. The van der Waals surface area contributed by atoms with Gasteiger partial charge in [-0.2, -0.15) is 0 Å². The number of hydrogen-bond donors (Lipinski definition) is 4. The highest BCUT2D eigenvalue weighted by Gasteiger charge is 2.31. The van der Waals surface area contributed by atoms with Crippen LogP contribution in [0.15, 0.2) is 126 Å². The first-order chi connectivity index (χ1) is 26.8. The number of carbonyl (C=O) groups excluding carboxylic acids is 4. The number of carbonyl (C=O) groups is 4. The lowest BCUT2D eigenvalue weighted by Crippen LogP contribution is -2.30. The first-order valence-electron chi connectivity index (χ1n) is 18.2. The number of fused-ring (bicyclic) bond motifs is 2. The summed E-state index contributed by atoms with van der Waals surface area (Å²) in [5.41, 5.74) is 5.31. The average Bonchev–Trinajstić information content (AvgIpc) is 3.78. The molecule has 278 valence electrons. The highest BCUT2D eigenvalue weighted by molar-refractivity contribution is 8.00. The fourth-order valence-corrected chi connectivity index (χ4v) is 8.98. The zero-order valence-corrected chi connectivity index (χ0v) is 32.0. The third kappa shape index (κ3) is 8.74. The summed E-state index contributed by atoms with van der Waals surface area (Å²) in [5.74, 6) is -1.26. The number of thiophene rings is 1. The Kier molecular flexibility index (Phi) is 11.6. The SMILES string of the molecule is CCOC(=O)c1c(NC(=O)C(C)Sc2cccc(NC(=O)/C(=C/c3c[nH]c4ccccc34)NC(=O)c3ccccc3)c2)sc2c1CCC(c1ccccc1)C2. The molecule has 0 fully saturated rings. The molecule has 4 N–H and O–H groups in total. The number of esters is 1. The van der Waals surface area contributed by atoms with Crippen molar-refractivity contribution in [2.75, 3.05) is 17.2 Å². The quantitative estimate of drug-likeness (QED) is 0.0559. The Labute approximate surface area is 327 Å². The Morgan fingerprint density at radius 1 is 0.927 bits per heavy atom. The van der Waals surface area contributed by atoms with Crippen molar-refractivity contribution in [2.24, 2.45) is 0 Å². The predicted octanol–water partition coefficient (Wildman–Crippen LogP) is 9.21. The molecule has 6 aromatic rings. The van der Waals surface area contributed by atoms with E-state index in [1.165, 1.54) is 28.7 Å². The van der Waals surface area contributed by atoms with Crippen LogP contribution in [0.1, 0.15) is 68.5 Å². The predicted molar refractivity (Wildman–Crippen MR) is 221 cm³/mol. The summed E-state index contributed by atoms with van der Waals surface area (Å²) >= 11 is 2.78. The van der Waals surface area contributed by atoms with Gasteiger partial charge in [-0.15, -0.1) is 23.1 Å². The monoisotopic (exact) mass is 768 g/mol. The van der Waals surface area contributed by atoms with Crippen molar-refractivity contribution in [1.29, 1.82) is 0 Å². The molecule has 2 aromatic heterocycles. The number of H-pyrrole nitrogens is 1. The van der Waals surface area contributed by atoms with E-state index in [0.29, 0.717) is 27.7 Å². The van der Waals surface area contributed by atoms with Crippen LogP contribution < -0.4 is 16.0 Å². The van der Waals surface area contributed by atoms with E-state index in [2.05, 4.69) is 33.1 Å². The first kappa shape index (κ1) is 37.4. The number of rotatable bonds is 12. The number of anilines is 2. The van der Waals surface area contributed by atoms with Crippen LogP contribution in [0.25, 0.3) is 17.0 Å². The number of aromatic nitrogens is 1. The fraction of sp³-hybridized carbons (Fsp3) is 0.182. The van der Waals surface area contributed by atoms with Crippen LogP contribution in [-0.2, 0) is 27.2 Å². The molecule has 0 bridgehead atoms. The van der Waals surface area contributed by atoms with E-state index in [1.54, 1.807) is 68.6 Å². The largest absolute Gasteiger partial charge is 0.462 e. The van der Waals surface area contributed by atoms with Crippen LogP contribution in [0.5, 0.6) is 0 Å². The lowest BCUT2D eigenvalue weighted by Gasteiger charge is -2.23. The first-order valence-corrected chi connectivity index (χ1v) is 19.9. The van der Waals surface area contributed by atoms with Gasteiger partial charge in [0.25, 0.3) is 11.8 Å². The molecular weight excluding hydrogens is 729 g/mol. The van der Waals surface area contributed by atoms with E-state index in [1.807, 2.05) is 54.6 Å². The van der Waals surface area contributed by atoms with Crippen molar-refractivity contribution in [3.63, 3.8) is 0 Å². The van der Waals surface area contributed by atoms with Gasteiger partial charge in [-0.05, 0) is 92.6 Å². The third-order valence-electron chi connectivity index (χ3n) is 9.48. The van der Waals surface area contributed by atoms with Gasteiger partial charge >= 0.3 is 5.97 Å². The lowest BCUT2D eigenvalue weighted by molar-refractivity contribution is -0.115. The van der Waals surface area contributed by atoms with E-state index in [0.717, 1.165) is 51.1 Å². The standard InChI is InChI=1S/C44H40N4O5S2/c1-3-53-44(52)39-35-22-21-30(28-13-6-4-7-14-28)24-38(35)55-43(39)48-40(49)27(2)54-33-18-12-17-32(25-33)46-42(51)37(47-41(50)29-15-8-5-9-16-29)23-31-26-45-36-20-11-10-19-34(31)36/h4-20,23,25-27,30,45H,3,21-22,24H2,1-2H3,(H,46,51)(H,47,50)(H,48,49)/b37-23-. The summed E-state index contributed by atoms with van der Waals surface area (Å²) in [6, 6.07) is 34.0. The van der Waals surface area contributed by atoms with E-state index in [4.69, 9.17) is 4.74 Å². The van der Waals surface area contributed by atoms with Gasteiger partial charge in [-0.3, -0.25) is 14.4 Å². The molecule has 0 saturated heterocycles. The van der Waals surface area contributed by atoms with Crippen LogP contribution in [0.3, 0.4) is 0 Å². The topological polar surface area (TPSA) is 129 Å². The van der Waals surface area contributed by atoms with Crippen molar-refractivity contribution in [3.8, 4) is 0 Å². The van der Waals surface area contributed by atoms with E-state index in [9.17, 15) is 19.2 Å². The molecule has 4 aromatic carbocycles. The molecule has 3 amide bonds. The van der Waals surface area contributed by atoms with Crippen molar-refractivity contribution in [2.45, 2.75) is 49.2 Å². The van der Waals surface area contributed by atoms with Gasteiger partial charge in [0.15, 0.2) is 0 Å². The van der Waals surface area contributed by atoms with Gasteiger partial charge in [0.2, 0.25) is 5.91 Å². The second kappa shape index (κ2) is 17.0. The molecule has 2 unspecified atom stereocenters. The highest BCUT2D eigenvalue weighted by Crippen LogP contribution is 2.43. The number of nitrogens with one attached hydrogen (secondary N) is 4. The Balaban J connectivity index is 1.06. The van der Waals surface area contributed by atoms with Crippen LogP contribution in [0, 0.1) is 0 Å². The molecule has 2 heterocycles. The normalized spacial score (nSPS) is 14.4. The van der Waals surface area contributed by atoms with Crippen LogP contribution >= 0.6 is 23.1 Å². The molecule has 0 radical (unpaired) electrons. The maximum atomic E-state index is 13.8. The number of aromatic amines is 1. The van der Waals surface area contributed by atoms with Gasteiger partial charge < -0.3 is 25.7 Å². The molecule has 0 spiro atoms. The minimum atomic E-state index is -0.542.